The van der Waals surface area contributed by atoms with Gasteiger partial charge in [-0.05, 0) is 43.3 Å². The number of halogens is 1. The van der Waals surface area contributed by atoms with Crippen LogP contribution in [0.2, 0.25) is 5.02 Å². The molecule has 110 valence electrons. The van der Waals surface area contributed by atoms with Gasteiger partial charge < -0.3 is 14.8 Å². The van der Waals surface area contributed by atoms with Gasteiger partial charge in [-0.1, -0.05) is 23.7 Å². The molecule has 1 N–H and O–H groups in total. The maximum absolute atomic E-state index is 11.8. The SMILES string of the molecule is CCOc1ccccc1OCC(=O)Nc1ccc(Cl)cc1. The summed E-state index contributed by atoms with van der Waals surface area (Å²) in [6.45, 7) is 2.34. The third-order valence-corrected chi connectivity index (χ3v) is 2.89. The largest absolute Gasteiger partial charge is 0.490 e. The molecular weight excluding hydrogens is 290 g/mol. The fourth-order valence-corrected chi connectivity index (χ4v) is 1.84. The lowest BCUT2D eigenvalue weighted by molar-refractivity contribution is -0.118. The Kier molecular flexibility index (Phi) is 5.46. The van der Waals surface area contributed by atoms with E-state index in [2.05, 4.69) is 5.32 Å². The first kappa shape index (κ1) is 15.2. The summed E-state index contributed by atoms with van der Waals surface area (Å²) in [4.78, 5) is 11.8. The van der Waals surface area contributed by atoms with Crippen LogP contribution in [-0.4, -0.2) is 19.1 Å². The van der Waals surface area contributed by atoms with Crippen LogP contribution in [0.5, 0.6) is 11.5 Å². The zero-order chi connectivity index (χ0) is 15.1. The highest BCUT2D eigenvalue weighted by molar-refractivity contribution is 6.30. The fraction of sp³-hybridized carbons (Fsp3) is 0.188. The van der Waals surface area contributed by atoms with Gasteiger partial charge in [0.1, 0.15) is 0 Å². The molecule has 0 radical (unpaired) electrons. The van der Waals surface area contributed by atoms with Gasteiger partial charge >= 0.3 is 0 Å². The fourth-order valence-electron chi connectivity index (χ4n) is 1.72. The minimum absolute atomic E-state index is 0.0906. The minimum Gasteiger partial charge on any atom is -0.490 e. The minimum atomic E-state index is -0.247. The summed E-state index contributed by atoms with van der Waals surface area (Å²) in [5.41, 5.74) is 0.672. The van der Waals surface area contributed by atoms with Crippen LogP contribution in [0.4, 0.5) is 5.69 Å². The van der Waals surface area contributed by atoms with Crippen molar-refractivity contribution in [2.45, 2.75) is 6.92 Å². The highest BCUT2D eigenvalue weighted by Crippen LogP contribution is 2.26. The van der Waals surface area contributed by atoms with Crippen molar-refractivity contribution in [2.75, 3.05) is 18.5 Å². The van der Waals surface area contributed by atoms with Crippen molar-refractivity contribution in [1.29, 1.82) is 0 Å². The number of hydrogen-bond donors (Lipinski definition) is 1. The summed E-state index contributed by atoms with van der Waals surface area (Å²) in [5.74, 6) is 0.925. The second-order valence-electron chi connectivity index (χ2n) is 4.22. The van der Waals surface area contributed by atoms with Crippen molar-refractivity contribution in [2.24, 2.45) is 0 Å². The quantitative estimate of drug-likeness (QED) is 0.884. The van der Waals surface area contributed by atoms with Crippen molar-refractivity contribution in [3.05, 3.63) is 53.6 Å². The Morgan fingerprint density at radius 3 is 2.29 bits per heavy atom. The van der Waals surface area contributed by atoms with E-state index in [1.807, 2.05) is 19.1 Å². The molecule has 0 heterocycles. The number of ether oxygens (including phenoxy) is 2. The van der Waals surface area contributed by atoms with Crippen LogP contribution in [0.15, 0.2) is 48.5 Å². The second kappa shape index (κ2) is 7.55. The van der Waals surface area contributed by atoms with Crippen LogP contribution < -0.4 is 14.8 Å². The Labute approximate surface area is 128 Å². The van der Waals surface area contributed by atoms with E-state index in [4.69, 9.17) is 21.1 Å². The van der Waals surface area contributed by atoms with E-state index in [-0.39, 0.29) is 12.5 Å². The van der Waals surface area contributed by atoms with E-state index < -0.39 is 0 Å². The van der Waals surface area contributed by atoms with Gasteiger partial charge in [0.15, 0.2) is 18.1 Å². The molecule has 1 amide bonds. The normalized spacial score (nSPS) is 10.0. The molecule has 2 rings (SSSR count). The van der Waals surface area contributed by atoms with E-state index in [0.29, 0.717) is 28.8 Å². The summed E-state index contributed by atoms with van der Waals surface area (Å²) in [6, 6.07) is 14.1. The number of benzene rings is 2. The predicted octanol–water partition coefficient (Wildman–Crippen LogP) is 3.76. The Morgan fingerprint density at radius 1 is 1.05 bits per heavy atom. The molecule has 2 aromatic carbocycles. The van der Waals surface area contributed by atoms with E-state index >= 15 is 0 Å². The molecule has 0 spiro atoms. The monoisotopic (exact) mass is 305 g/mol. The number of amides is 1. The van der Waals surface area contributed by atoms with Gasteiger partial charge in [0.05, 0.1) is 6.61 Å². The van der Waals surface area contributed by atoms with Crippen LogP contribution in [0.3, 0.4) is 0 Å². The van der Waals surface area contributed by atoms with E-state index in [1.54, 1.807) is 36.4 Å². The molecule has 0 unspecified atom stereocenters. The van der Waals surface area contributed by atoms with E-state index in [0.717, 1.165) is 0 Å². The zero-order valence-corrected chi connectivity index (χ0v) is 12.4. The number of hydrogen-bond acceptors (Lipinski definition) is 3. The standard InChI is InChI=1S/C16H16ClNO3/c1-2-20-14-5-3-4-6-15(14)21-11-16(19)18-13-9-7-12(17)8-10-13/h3-10H,2,11H2,1H3,(H,18,19). The van der Waals surface area contributed by atoms with Crippen molar-refractivity contribution in [1.82, 2.24) is 0 Å². The summed E-state index contributed by atoms with van der Waals surface area (Å²) < 4.78 is 10.9. The molecule has 21 heavy (non-hydrogen) atoms. The van der Waals surface area contributed by atoms with Crippen molar-refractivity contribution in [3.8, 4) is 11.5 Å². The molecule has 0 aliphatic rings. The second-order valence-corrected chi connectivity index (χ2v) is 4.66. The van der Waals surface area contributed by atoms with Gasteiger partial charge in [0, 0.05) is 10.7 Å². The molecule has 4 nitrogen and oxygen atoms in total. The van der Waals surface area contributed by atoms with Gasteiger partial charge in [-0.25, -0.2) is 0 Å². The van der Waals surface area contributed by atoms with Crippen LogP contribution in [0.1, 0.15) is 6.92 Å². The van der Waals surface area contributed by atoms with Crippen LogP contribution in [0, 0.1) is 0 Å². The molecule has 0 bridgehead atoms. The Morgan fingerprint density at radius 2 is 1.67 bits per heavy atom. The number of rotatable bonds is 6. The van der Waals surface area contributed by atoms with Crippen molar-refractivity contribution < 1.29 is 14.3 Å². The highest BCUT2D eigenvalue weighted by Gasteiger charge is 2.07. The Bertz CT molecular complexity index is 599. The molecule has 0 saturated heterocycles. The smallest absolute Gasteiger partial charge is 0.262 e. The van der Waals surface area contributed by atoms with Gasteiger partial charge in [-0.2, -0.15) is 0 Å². The van der Waals surface area contributed by atoms with Crippen LogP contribution in [-0.2, 0) is 4.79 Å². The topological polar surface area (TPSA) is 47.6 Å². The maximum Gasteiger partial charge on any atom is 0.262 e. The summed E-state index contributed by atoms with van der Waals surface area (Å²) in [6.07, 6.45) is 0. The first-order chi connectivity index (χ1) is 10.2. The molecular formula is C16H16ClNO3. The highest BCUT2D eigenvalue weighted by atomic mass is 35.5. The van der Waals surface area contributed by atoms with E-state index in [1.165, 1.54) is 0 Å². The molecule has 0 aliphatic carbocycles. The van der Waals surface area contributed by atoms with Crippen molar-refractivity contribution in [3.63, 3.8) is 0 Å². The number of nitrogens with one attached hydrogen (secondary N) is 1. The molecule has 0 atom stereocenters. The summed E-state index contributed by atoms with van der Waals surface area (Å²) in [5, 5.41) is 3.35. The number of anilines is 1. The first-order valence-electron chi connectivity index (χ1n) is 6.59. The number of carbonyl (C=O) groups is 1. The average molecular weight is 306 g/mol. The predicted molar refractivity (Wildman–Crippen MR) is 83.2 cm³/mol. The lowest BCUT2D eigenvalue weighted by Crippen LogP contribution is -2.20. The maximum atomic E-state index is 11.8. The van der Waals surface area contributed by atoms with Crippen LogP contribution >= 0.6 is 11.6 Å². The molecule has 0 fully saturated rings. The summed E-state index contributed by atoms with van der Waals surface area (Å²) >= 11 is 5.79. The third-order valence-electron chi connectivity index (χ3n) is 2.64. The molecule has 2 aromatic rings. The lowest BCUT2D eigenvalue weighted by atomic mass is 10.3. The van der Waals surface area contributed by atoms with Crippen molar-refractivity contribution >= 4 is 23.2 Å². The zero-order valence-electron chi connectivity index (χ0n) is 11.6. The van der Waals surface area contributed by atoms with Gasteiger partial charge in [0.2, 0.25) is 0 Å². The average Bonchev–Trinajstić information content (AvgIpc) is 2.49. The van der Waals surface area contributed by atoms with Gasteiger partial charge in [0.25, 0.3) is 5.91 Å². The van der Waals surface area contributed by atoms with Gasteiger partial charge in [-0.3, -0.25) is 4.79 Å². The Hall–Kier alpha value is -2.20. The number of para-hydroxylation sites is 2. The van der Waals surface area contributed by atoms with Gasteiger partial charge in [-0.15, -0.1) is 0 Å². The Balaban J connectivity index is 1.90. The first-order valence-corrected chi connectivity index (χ1v) is 6.97. The summed E-state index contributed by atoms with van der Waals surface area (Å²) in [7, 11) is 0. The molecule has 0 saturated carbocycles. The third kappa shape index (κ3) is 4.68. The molecule has 0 aliphatic heterocycles. The van der Waals surface area contributed by atoms with E-state index in [9.17, 15) is 4.79 Å². The van der Waals surface area contributed by atoms with Crippen LogP contribution in [0.25, 0.3) is 0 Å². The molecule has 0 aromatic heterocycles. The molecule has 5 heteroatoms. The lowest BCUT2D eigenvalue weighted by Gasteiger charge is -2.11. The number of carbonyl (C=O) groups excluding carboxylic acids is 1.